The average molecular weight is 423 g/mol. The molecule has 31 heavy (non-hydrogen) atoms. The summed E-state index contributed by atoms with van der Waals surface area (Å²) in [6.45, 7) is 4.11. The van der Waals surface area contributed by atoms with Crippen molar-refractivity contribution < 1.29 is 14.3 Å². The Morgan fingerprint density at radius 3 is 2.58 bits per heavy atom. The van der Waals surface area contributed by atoms with Crippen LogP contribution in [0.15, 0.2) is 47.6 Å². The summed E-state index contributed by atoms with van der Waals surface area (Å²) in [5.74, 6) is -0.409. The third-order valence-electron chi connectivity index (χ3n) is 5.69. The number of methoxy groups -OCH3 is 1. The lowest BCUT2D eigenvalue weighted by Crippen LogP contribution is -2.46. The zero-order valence-corrected chi connectivity index (χ0v) is 18.3. The first-order valence-electron chi connectivity index (χ1n) is 10.6. The van der Waals surface area contributed by atoms with Gasteiger partial charge in [0.1, 0.15) is 5.75 Å². The number of hydrogen-bond donors (Lipinski definition) is 3. The van der Waals surface area contributed by atoms with Gasteiger partial charge in [-0.25, -0.2) is 5.43 Å². The van der Waals surface area contributed by atoms with E-state index in [1.807, 2.05) is 49.4 Å². The topological polar surface area (TPSA) is 91.8 Å². The van der Waals surface area contributed by atoms with Crippen molar-refractivity contribution in [2.75, 3.05) is 12.4 Å². The first kappa shape index (κ1) is 22.3. The molecule has 2 amide bonds. The summed E-state index contributed by atoms with van der Waals surface area (Å²) in [5.41, 5.74) is 5.78. The number of nitrogens with zero attached hydrogens (tertiary/aromatic N) is 1. The van der Waals surface area contributed by atoms with Crippen LogP contribution < -0.4 is 20.8 Å². The first-order valence-corrected chi connectivity index (χ1v) is 10.6. The lowest BCUT2D eigenvalue weighted by atomic mass is 9.86. The normalized spacial score (nSPS) is 18.4. The van der Waals surface area contributed by atoms with Crippen LogP contribution in [0.4, 0.5) is 11.4 Å². The van der Waals surface area contributed by atoms with Gasteiger partial charge in [0.15, 0.2) is 0 Å². The van der Waals surface area contributed by atoms with Crippen LogP contribution >= 0.6 is 0 Å². The summed E-state index contributed by atoms with van der Waals surface area (Å²) in [6.07, 6.45) is 5.71. The number of aryl methyl sites for hydroxylation is 1. The number of amides is 2. The van der Waals surface area contributed by atoms with Gasteiger partial charge in [-0.2, -0.15) is 5.10 Å². The third kappa shape index (κ3) is 5.84. The molecule has 0 spiro atoms. The van der Waals surface area contributed by atoms with Gasteiger partial charge in [-0.1, -0.05) is 50.1 Å². The van der Waals surface area contributed by atoms with Crippen molar-refractivity contribution in [3.63, 3.8) is 0 Å². The van der Waals surface area contributed by atoms with Crippen molar-refractivity contribution >= 4 is 29.4 Å². The molecule has 0 aromatic heterocycles. The number of anilines is 2. The van der Waals surface area contributed by atoms with Gasteiger partial charge in [0.2, 0.25) is 0 Å². The molecule has 0 heterocycles. The second kappa shape index (κ2) is 10.6. The monoisotopic (exact) mass is 422 g/mol. The second-order valence-corrected chi connectivity index (χ2v) is 7.91. The molecule has 7 heteroatoms. The van der Waals surface area contributed by atoms with Gasteiger partial charge in [-0.05, 0) is 43.4 Å². The summed E-state index contributed by atoms with van der Waals surface area (Å²) in [4.78, 5) is 24.4. The number of hydrazone groups is 1. The number of ether oxygens (including phenoxy) is 1. The smallest absolute Gasteiger partial charge is 0.329 e. The van der Waals surface area contributed by atoms with E-state index in [2.05, 4.69) is 28.1 Å². The molecule has 7 nitrogen and oxygen atoms in total. The summed E-state index contributed by atoms with van der Waals surface area (Å²) in [7, 11) is 1.59. The van der Waals surface area contributed by atoms with E-state index in [1.54, 1.807) is 7.11 Å². The number of para-hydroxylation sites is 2. The lowest BCUT2D eigenvalue weighted by molar-refractivity contribution is -0.139. The number of rotatable bonds is 6. The van der Waals surface area contributed by atoms with Gasteiger partial charge in [-0.15, -0.1) is 0 Å². The Morgan fingerprint density at radius 1 is 1.06 bits per heavy atom. The second-order valence-electron chi connectivity index (χ2n) is 7.91. The minimum Gasteiger partial charge on any atom is -0.495 e. The molecule has 2 atom stereocenters. The quantitative estimate of drug-likeness (QED) is 0.374. The van der Waals surface area contributed by atoms with Crippen molar-refractivity contribution in [1.82, 2.24) is 10.7 Å². The van der Waals surface area contributed by atoms with Gasteiger partial charge >= 0.3 is 11.8 Å². The van der Waals surface area contributed by atoms with Gasteiger partial charge in [0.05, 0.1) is 19.0 Å². The molecule has 3 N–H and O–H groups in total. The van der Waals surface area contributed by atoms with Crippen molar-refractivity contribution in [2.24, 2.45) is 11.0 Å². The molecule has 0 unspecified atom stereocenters. The van der Waals surface area contributed by atoms with E-state index in [4.69, 9.17) is 4.74 Å². The van der Waals surface area contributed by atoms with E-state index in [9.17, 15) is 9.59 Å². The Hall–Kier alpha value is -3.35. The zero-order chi connectivity index (χ0) is 22.2. The Bertz CT molecular complexity index is 958. The highest BCUT2D eigenvalue weighted by atomic mass is 16.5. The van der Waals surface area contributed by atoms with Gasteiger partial charge in [0, 0.05) is 17.3 Å². The number of carbonyl (C=O) groups is 2. The highest BCUT2D eigenvalue weighted by Crippen LogP contribution is 2.31. The fourth-order valence-corrected chi connectivity index (χ4v) is 3.78. The highest BCUT2D eigenvalue weighted by molar-refractivity contribution is 6.35. The highest BCUT2D eigenvalue weighted by Gasteiger charge is 2.25. The zero-order valence-electron chi connectivity index (χ0n) is 18.3. The Balaban J connectivity index is 1.68. The average Bonchev–Trinajstić information content (AvgIpc) is 2.77. The van der Waals surface area contributed by atoms with Crippen molar-refractivity contribution in [1.29, 1.82) is 0 Å². The molecule has 164 valence electrons. The van der Waals surface area contributed by atoms with Crippen LogP contribution in [0.1, 0.15) is 43.7 Å². The molecule has 1 aliphatic rings. The van der Waals surface area contributed by atoms with Gasteiger partial charge in [-0.3, -0.25) is 9.59 Å². The molecule has 0 bridgehead atoms. The Labute approximate surface area is 183 Å². The van der Waals surface area contributed by atoms with E-state index in [-0.39, 0.29) is 6.04 Å². The van der Waals surface area contributed by atoms with Crippen LogP contribution in [0.3, 0.4) is 0 Å². The standard InChI is InChI=1S/C24H30N4O3/c1-16-9-4-6-12-19(16)26-22-18(11-8-14-21(22)31-3)15-25-28-24(30)23(29)27-20-13-7-5-10-17(20)2/h4,6,8-9,11-12,14-15,17,20,26H,5,7,10,13H2,1-3H3,(H,27,29)(H,28,30)/b25-15-/t17-,20-/m1/s1. The van der Waals surface area contributed by atoms with E-state index in [0.29, 0.717) is 17.2 Å². The minimum absolute atomic E-state index is 0.0410. The summed E-state index contributed by atoms with van der Waals surface area (Å²) in [6, 6.07) is 13.5. The maximum absolute atomic E-state index is 12.2. The molecular weight excluding hydrogens is 392 g/mol. The fraction of sp³-hybridized carbons (Fsp3) is 0.375. The first-order chi connectivity index (χ1) is 15.0. The van der Waals surface area contributed by atoms with Crippen LogP contribution in [-0.2, 0) is 9.59 Å². The predicted molar refractivity (Wildman–Crippen MR) is 123 cm³/mol. The van der Waals surface area contributed by atoms with E-state index in [0.717, 1.165) is 36.2 Å². The van der Waals surface area contributed by atoms with E-state index < -0.39 is 11.8 Å². The minimum atomic E-state index is -0.773. The maximum Gasteiger partial charge on any atom is 0.329 e. The Kier molecular flexibility index (Phi) is 7.65. The Morgan fingerprint density at radius 2 is 1.84 bits per heavy atom. The third-order valence-corrected chi connectivity index (χ3v) is 5.69. The summed E-state index contributed by atoms with van der Waals surface area (Å²) in [5, 5.41) is 10.2. The lowest BCUT2D eigenvalue weighted by Gasteiger charge is -2.29. The van der Waals surface area contributed by atoms with Crippen LogP contribution in [0, 0.1) is 12.8 Å². The number of benzene rings is 2. The van der Waals surface area contributed by atoms with E-state index >= 15 is 0 Å². The van der Waals surface area contributed by atoms with Crippen LogP contribution in [0.25, 0.3) is 0 Å². The van der Waals surface area contributed by atoms with E-state index in [1.165, 1.54) is 12.6 Å². The molecule has 1 aliphatic carbocycles. The number of carbonyl (C=O) groups excluding carboxylic acids is 2. The van der Waals surface area contributed by atoms with Crippen LogP contribution in [-0.4, -0.2) is 31.2 Å². The van der Waals surface area contributed by atoms with Crippen LogP contribution in [0.5, 0.6) is 5.75 Å². The maximum atomic E-state index is 12.2. The molecule has 0 saturated heterocycles. The number of hydrogen-bond acceptors (Lipinski definition) is 5. The molecule has 0 aliphatic heterocycles. The van der Waals surface area contributed by atoms with Crippen molar-refractivity contribution in [2.45, 2.75) is 45.6 Å². The molecule has 1 saturated carbocycles. The SMILES string of the molecule is COc1cccc(/C=N\NC(=O)C(=O)N[C@@H]2CCCC[C@H]2C)c1Nc1ccccc1C. The molecule has 2 aromatic carbocycles. The van der Waals surface area contributed by atoms with Gasteiger partial charge < -0.3 is 15.4 Å². The fourth-order valence-electron chi connectivity index (χ4n) is 3.78. The molecule has 0 radical (unpaired) electrons. The predicted octanol–water partition coefficient (Wildman–Crippen LogP) is 3.89. The number of nitrogens with one attached hydrogen (secondary N) is 3. The van der Waals surface area contributed by atoms with Crippen LogP contribution in [0.2, 0.25) is 0 Å². The molecular formula is C24H30N4O3. The molecule has 3 rings (SSSR count). The molecule has 2 aromatic rings. The molecule has 1 fully saturated rings. The van der Waals surface area contributed by atoms with Gasteiger partial charge in [0.25, 0.3) is 0 Å². The summed E-state index contributed by atoms with van der Waals surface area (Å²) < 4.78 is 5.48. The summed E-state index contributed by atoms with van der Waals surface area (Å²) >= 11 is 0. The van der Waals surface area contributed by atoms with Crippen molar-refractivity contribution in [3.05, 3.63) is 53.6 Å². The van der Waals surface area contributed by atoms with Crippen molar-refractivity contribution in [3.8, 4) is 5.75 Å². The largest absolute Gasteiger partial charge is 0.495 e.